The number of ether oxygens (including phenoxy) is 1. The average Bonchev–Trinajstić information content (AvgIpc) is 3.09. The number of guanidine groups is 1. The van der Waals surface area contributed by atoms with E-state index in [0.29, 0.717) is 18.1 Å². The van der Waals surface area contributed by atoms with Gasteiger partial charge in [-0.2, -0.15) is 0 Å². The van der Waals surface area contributed by atoms with Gasteiger partial charge in [0.15, 0.2) is 5.96 Å². The highest BCUT2D eigenvalue weighted by atomic mass is 16.5. The lowest BCUT2D eigenvalue weighted by Crippen LogP contribution is -2.39. The van der Waals surface area contributed by atoms with Crippen LogP contribution in [0.3, 0.4) is 0 Å². The molecule has 0 aromatic carbocycles. The summed E-state index contributed by atoms with van der Waals surface area (Å²) in [5, 5.41) is 3.15. The van der Waals surface area contributed by atoms with E-state index in [1.54, 1.807) is 0 Å². The predicted molar refractivity (Wildman–Crippen MR) is 73.7 cm³/mol. The van der Waals surface area contributed by atoms with Crippen LogP contribution in [0.4, 0.5) is 0 Å². The Morgan fingerprint density at radius 1 is 1.50 bits per heavy atom. The molecule has 5 heteroatoms. The first-order valence-corrected chi connectivity index (χ1v) is 7.04. The van der Waals surface area contributed by atoms with Crippen molar-refractivity contribution in [2.45, 2.75) is 50.8 Å². The summed E-state index contributed by atoms with van der Waals surface area (Å²) < 4.78 is 5.53. The highest BCUT2D eigenvalue weighted by Gasteiger charge is 2.28. The smallest absolute Gasteiger partial charge is 0.188 e. The molecule has 18 heavy (non-hydrogen) atoms. The summed E-state index contributed by atoms with van der Waals surface area (Å²) in [5.74, 6) is 0.543. The molecule has 3 N–H and O–H groups in total. The van der Waals surface area contributed by atoms with Gasteiger partial charge < -0.3 is 15.8 Å². The Morgan fingerprint density at radius 3 is 2.89 bits per heavy atom. The second-order valence-electron chi connectivity index (χ2n) is 5.49. The molecule has 2 unspecified atom stereocenters. The molecule has 5 nitrogen and oxygen atoms in total. The standard InChI is InChI=1S/C13H26N4O/c1-10(17(2)11-5-6-11)8-15-13(14)16-9-12-4-3-7-18-12/h10-12H,3-9H2,1-2H3,(H3,14,15,16). The number of nitrogens with one attached hydrogen (secondary N) is 1. The molecule has 0 aromatic rings. The molecule has 2 aliphatic rings. The summed E-state index contributed by atoms with van der Waals surface area (Å²) in [6, 6.07) is 1.23. The van der Waals surface area contributed by atoms with E-state index in [9.17, 15) is 0 Å². The van der Waals surface area contributed by atoms with E-state index in [2.05, 4.69) is 29.2 Å². The Hall–Kier alpha value is -0.810. The van der Waals surface area contributed by atoms with Crippen LogP contribution in [-0.4, -0.2) is 55.8 Å². The van der Waals surface area contributed by atoms with Gasteiger partial charge in [0.25, 0.3) is 0 Å². The van der Waals surface area contributed by atoms with Crippen LogP contribution in [0.5, 0.6) is 0 Å². The molecular formula is C13H26N4O. The van der Waals surface area contributed by atoms with Crippen molar-refractivity contribution in [2.24, 2.45) is 10.7 Å². The molecule has 2 rings (SSSR count). The van der Waals surface area contributed by atoms with Crippen molar-refractivity contribution in [1.29, 1.82) is 0 Å². The fourth-order valence-corrected chi connectivity index (χ4v) is 2.28. The van der Waals surface area contributed by atoms with Gasteiger partial charge in [0.05, 0.1) is 12.6 Å². The second kappa shape index (κ2) is 6.38. The maximum atomic E-state index is 5.86. The van der Waals surface area contributed by atoms with Crippen LogP contribution in [0.1, 0.15) is 32.6 Å². The van der Waals surface area contributed by atoms with E-state index in [1.807, 2.05) is 0 Å². The van der Waals surface area contributed by atoms with Crippen LogP contribution in [0.2, 0.25) is 0 Å². The lowest BCUT2D eigenvalue weighted by molar-refractivity contribution is 0.114. The Balaban J connectivity index is 1.64. The third-order valence-electron chi connectivity index (χ3n) is 3.88. The van der Waals surface area contributed by atoms with Gasteiger partial charge >= 0.3 is 0 Å². The molecule has 0 radical (unpaired) electrons. The van der Waals surface area contributed by atoms with E-state index >= 15 is 0 Å². The molecule has 2 fully saturated rings. The maximum Gasteiger partial charge on any atom is 0.188 e. The van der Waals surface area contributed by atoms with Crippen LogP contribution in [0.15, 0.2) is 4.99 Å². The highest BCUT2D eigenvalue weighted by Crippen LogP contribution is 2.26. The molecule has 1 saturated heterocycles. The summed E-state index contributed by atoms with van der Waals surface area (Å²) in [5.41, 5.74) is 5.86. The third-order valence-corrected chi connectivity index (χ3v) is 3.88. The Morgan fingerprint density at radius 2 is 2.28 bits per heavy atom. The minimum Gasteiger partial charge on any atom is -0.376 e. The highest BCUT2D eigenvalue weighted by molar-refractivity contribution is 5.77. The summed E-state index contributed by atoms with van der Waals surface area (Å²) in [4.78, 5) is 6.80. The third kappa shape index (κ3) is 4.14. The number of hydrogen-bond acceptors (Lipinski definition) is 3. The minimum absolute atomic E-state index is 0.310. The summed E-state index contributed by atoms with van der Waals surface area (Å²) >= 11 is 0. The number of rotatable bonds is 6. The van der Waals surface area contributed by atoms with Crippen LogP contribution in [0.25, 0.3) is 0 Å². The Labute approximate surface area is 110 Å². The summed E-state index contributed by atoms with van der Waals surface area (Å²) in [7, 11) is 2.17. The molecule has 0 bridgehead atoms. The number of hydrogen-bond donors (Lipinski definition) is 2. The molecular weight excluding hydrogens is 228 g/mol. The fourth-order valence-electron chi connectivity index (χ4n) is 2.28. The number of nitrogens with zero attached hydrogens (tertiary/aromatic N) is 2. The van der Waals surface area contributed by atoms with Crippen molar-refractivity contribution in [3.63, 3.8) is 0 Å². The van der Waals surface area contributed by atoms with Gasteiger partial charge in [-0.3, -0.25) is 9.89 Å². The number of aliphatic imine (C=N–C) groups is 1. The van der Waals surface area contributed by atoms with Gasteiger partial charge in [-0.15, -0.1) is 0 Å². The van der Waals surface area contributed by atoms with E-state index in [0.717, 1.165) is 38.6 Å². The van der Waals surface area contributed by atoms with Crippen LogP contribution in [0, 0.1) is 0 Å². The normalized spacial score (nSPS) is 26.6. The van der Waals surface area contributed by atoms with Gasteiger partial charge in [0.2, 0.25) is 0 Å². The van der Waals surface area contributed by atoms with E-state index in [-0.39, 0.29) is 0 Å². The quantitative estimate of drug-likeness (QED) is 0.537. The Bertz CT molecular complexity index is 285. The zero-order chi connectivity index (χ0) is 13.0. The van der Waals surface area contributed by atoms with Gasteiger partial charge in [0.1, 0.15) is 0 Å². The van der Waals surface area contributed by atoms with Crippen molar-refractivity contribution in [2.75, 3.05) is 26.7 Å². The zero-order valence-corrected chi connectivity index (χ0v) is 11.6. The topological polar surface area (TPSA) is 62.9 Å². The molecule has 1 heterocycles. The number of likely N-dealkylation sites (N-methyl/N-ethyl adjacent to an activating group) is 1. The first kappa shape index (κ1) is 13.6. The van der Waals surface area contributed by atoms with Crippen LogP contribution in [-0.2, 0) is 4.74 Å². The largest absolute Gasteiger partial charge is 0.376 e. The van der Waals surface area contributed by atoms with Crippen molar-refractivity contribution in [3.8, 4) is 0 Å². The second-order valence-corrected chi connectivity index (χ2v) is 5.49. The molecule has 0 amide bonds. The SMILES string of the molecule is CC(CN=C(N)NCC1CCCO1)N(C)C1CC1. The lowest BCUT2D eigenvalue weighted by atomic mass is 10.2. The molecule has 2 atom stereocenters. The first-order chi connectivity index (χ1) is 8.66. The molecule has 0 aromatic heterocycles. The van der Waals surface area contributed by atoms with Gasteiger partial charge in [-0.25, -0.2) is 0 Å². The Kier molecular flexibility index (Phi) is 4.83. The summed E-state index contributed by atoms with van der Waals surface area (Å²) in [6.07, 6.45) is 5.26. The zero-order valence-electron chi connectivity index (χ0n) is 11.6. The molecule has 1 saturated carbocycles. The lowest BCUT2D eigenvalue weighted by Gasteiger charge is -2.23. The maximum absolute atomic E-state index is 5.86. The van der Waals surface area contributed by atoms with Crippen molar-refractivity contribution in [1.82, 2.24) is 10.2 Å². The predicted octanol–water partition coefficient (Wildman–Crippen LogP) is 0.552. The first-order valence-electron chi connectivity index (χ1n) is 7.04. The van der Waals surface area contributed by atoms with E-state index < -0.39 is 0 Å². The van der Waals surface area contributed by atoms with Gasteiger partial charge in [0, 0.05) is 25.2 Å². The minimum atomic E-state index is 0.310. The van der Waals surface area contributed by atoms with E-state index in [1.165, 1.54) is 12.8 Å². The van der Waals surface area contributed by atoms with Gasteiger partial charge in [-0.1, -0.05) is 0 Å². The van der Waals surface area contributed by atoms with Crippen molar-refractivity contribution < 1.29 is 4.74 Å². The average molecular weight is 254 g/mol. The van der Waals surface area contributed by atoms with E-state index in [4.69, 9.17) is 10.5 Å². The van der Waals surface area contributed by atoms with Crippen molar-refractivity contribution in [3.05, 3.63) is 0 Å². The van der Waals surface area contributed by atoms with Crippen LogP contribution < -0.4 is 11.1 Å². The summed E-state index contributed by atoms with van der Waals surface area (Å²) in [6.45, 7) is 4.63. The molecule has 1 aliphatic heterocycles. The van der Waals surface area contributed by atoms with Crippen LogP contribution >= 0.6 is 0 Å². The number of nitrogens with two attached hydrogens (primary N) is 1. The van der Waals surface area contributed by atoms with Crippen molar-refractivity contribution >= 4 is 5.96 Å². The fraction of sp³-hybridized carbons (Fsp3) is 0.923. The molecule has 104 valence electrons. The molecule has 0 spiro atoms. The van der Waals surface area contributed by atoms with Gasteiger partial charge in [-0.05, 0) is 39.7 Å². The monoisotopic (exact) mass is 254 g/mol. The molecule has 1 aliphatic carbocycles.